The summed E-state index contributed by atoms with van der Waals surface area (Å²) in [7, 11) is 1.61. The highest BCUT2D eigenvalue weighted by atomic mass is 19.4. The Morgan fingerprint density at radius 3 is 2.62 bits per heavy atom. The number of rotatable bonds is 3. The van der Waals surface area contributed by atoms with Gasteiger partial charge in [-0.15, -0.1) is 0 Å². The van der Waals surface area contributed by atoms with E-state index in [0.29, 0.717) is 5.92 Å². The predicted octanol–water partition coefficient (Wildman–Crippen LogP) is 2.39. The number of nitrogens with zero attached hydrogens (tertiary/aromatic N) is 3. The van der Waals surface area contributed by atoms with Gasteiger partial charge in [-0.25, -0.2) is 9.98 Å². The van der Waals surface area contributed by atoms with Crippen LogP contribution in [0.15, 0.2) is 29.3 Å². The average molecular weight is 369 g/mol. The lowest BCUT2D eigenvalue weighted by Crippen LogP contribution is -2.58. The number of allylic oxidation sites excluding steroid dienone is 2. The molecule has 1 atom stereocenters. The maximum Gasteiger partial charge on any atom is 0.431 e. The summed E-state index contributed by atoms with van der Waals surface area (Å²) in [5.74, 6) is -0.00784. The molecule has 0 radical (unpaired) electrons. The first-order valence-electron chi connectivity index (χ1n) is 8.61. The van der Waals surface area contributed by atoms with Crippen LogP contribution in [0.2, 0.25) is 0 Å². The van der Waals surface area contributed by atoms with Crippen molar-refractivity contribution in [3.05, 3.63) is 30.0 Å². The van der Waals surface area contributed by atoms with Crippen molar-refractivity contribution in [1.82, 2.24) is 20.2 Å². The van der Waals surface area contributed by atoms with Gasteiger partial charge in [0.1, 0.15) is 5.70 Å². The molecule has 9 heteroatoms. The SMILES string of the molecule is CC1CCC(NC(=O)C2(c3cncn3C)N=CC=C(C(F)(F)F)N2)CC1. The first kappa shape index (κ1) is 18.5. The Labute approximate surface area is 149 Å². The molecule has 2 aliphatic rings. The Hall–Kier alpha value is -2.32. The van der Waals surface area contributed by atoms with E-state index < -0.39 is 23.4 Å². The summed E-state index contributed by atoms with van der Waals surface area (Å²) >= 11 is 0. The number of aromatic nitrogens is 2. The number of alkyl halides is 3. The fourth-order valence-corrected chi connectivity index (χ4v) is 3.42. The van der Waals surface area contributed by atoms with Gasteiger partial charge in [-0.3, -0.25) is 4.79 Å². The van der Waals surface area contributed by atoms with Crippen molar-refractivity contribution >= 4 is 12.1 Å². The van der Waals surface area contributed by atoms with Crippen LogP contribution in [0.1, 0.15) is 38.3 Å². The van der Waals surface area contributed by atoms with E-state index in [4.69, 9.17) is 0 Å². The standard InChI is InChI=1S/C17H22F3N5O/c1-11-3-5-12(6-4-11)23-15(26)16(14-9-21-10-25(14)2)22-8-7-13(24-16)17(18,19)20/h7-12,24H,3-6H2,1-2H3,(H,23,26). The molecule has 0 spiro atoms. The molecular weight excluding hydrogens is 347 g/mol. The van der Waals surface area contributed by atoms with E-state index in [1.165, 1.54) is 17.1 Å². The van der Waals surface area contributed by atoms with E-state index >= 15 is 0 Å². The number of aliphatic imine (C=N–C) groups is 1. The Morgan fingerprint density at radius 2 is 2.04 bits per heavy atom. The molecule has 1 unspecified atom stereocenters. The molecule has 1 aromatic rings. The third kappa shape index (κ3) is 3.47. The fraction of sp³-hybridized carbons (Fsp3) is 0.588. The molecule has 26 heavy (non-hydrogen) atoms. The molecule has 0 aromatic carbocycles. The topological polar surface area (TPSA) is 71.3 Å². The number of amides is 1. The van der Waals surface area contributed by atoms with Gasteiger partial charge in [0.05, 0.1) is 18.2 Å². The highest BCUT2D eigenvalue weighted by molar-refractivity contribution is 5.91. The van der Waals surface area contributed by atoms with Crippen molar-refractivity contribution in [2.24, 2.45) is 18.0 Å². The van der Waals surface area contributed by atoms with Crippen LogP contribution in [-0.4, -0.2) is 33.9 Å². The quantitative estimate of drug-likeness (QED) is 0.859. The van der Waals surface area contributed by atoms with Gasteiger partial charge >= 0.3 is 6.18 Å². The van der Waals surface area contributed by atoms with E-state index in [-0.39, 0.29) is 11.7 Å². The molecule has 0 bridgehead atoms. The van der Waals surface area contributed by atoms with Gasteiger partial charge < -0.3 is 15.2 Å². The number of carbonyl (C=O) groups is 1. The monoisotopic (exact) mass is 369 g/mol. The second-order valence-electron chi connectivity index (χ2n) is 7.01. The van der Waals surface area contributed by atoms with Crippen LogP contribution in [0.3, 0.4) is 0 Å². The van der Waals surface area contributed by atoms with Crippen LogP contribution in [0, 0.1) is 5.92 Å². The van der Waals surface area contributed by atoms with Gasteiger partial charge in [0.25, 0.3) is 11.6 Å². The summed E-state index contributed by atoms with van der Waals surface area (Å²) < 4.78 is 41.2. The van der Waals surface area contributed by atoms with Gasteiger partial charge in [-0.05, 0) is 37.7 Å². The van der Waals surface area contributed by atoms with Crippen LogP contribution in [-0.2, 0) is 17.5 Å². The zero-order chi connectivity index (χ0) is 18.9. The first-order valence-corrected chi connectivity index (χ1v) is 8.61. The molecule has 1 aliphatic carbocycles. The third-order valence-electron chi connectivity index (χ3n) is 5.00. The van der Waals surface area contributed by atoms with E-state index in [9.17, 15) is 18.0 Å². The molecule has 6 nitrogen and oxygen atoms in total. The molecular formula is C17H22F3N5O. The van der Waals surface area contributed by atoms with Gasteiger partial charge in [-0.1, -0.05) is 6.92 Å². The van der Waals surface area contributed by atoms with Gasteiger partial charge in [0, 0.05) is 19.3 Å². The Kier molecular flexibility index (Phi) is 4.81. The molecule has 0 saturated heterocycles. The molecule has 2 heterocycles. The number of hydrogen-bond donors (Lipinski definition) is 2. The maximum absolute atomic E-state index is 13.2. The van der Waals surface area contributed by atoms with E-state index in [1.807, 2.05) is 0 Å². The second-order valence-corrected chi connectivity index (χ2v) is 7.01. The molecule has 1 aliphatic heterocycles. The second kappa shape index (κ2) is 6.77. The maximum atomic E-state index is 13.2. The van der Waals surface area contributed by atoms with Crippen molar-refractivity contribution in [3.8, 4) is 0 Å². The lowest BCUT2D eigenvalue weighted by atomic mass is 9.87. The van der Waals surface area contributed by atoms with E-state index in [2.05, 4.69) is 27.5 Å². The minimum atomic E-state index is -4.61. The molecule has 1 aromatic heterocycles. The molecule has 1 amide bonds. The summed E-state index contributed by atoms with van der Waals surface area (Å²) in [6.07, 6.45) is 3.58. The van der Waals surface area contributed by atoms with Crippen LogP contribution in [0.5, 0.6) is 0 Å². The molecule has 3 rings (SSSR count). The van der Waals surface area contributed by atoms with E-state index in [1.54, 1.807) is 7.05 Å². The summed E-state index contributed by atoms with van der Waals surface area (Å²) in [4.78, 5) is 21.1. The minimum Gasteiger partial charge on any atom is -0.349 e. The normalized spacial score (nSPS) is 29.0. The number of nitrogens with one attached hydrogen (secondary N) is 2. The Bertz CT molecular complexity index is 731. The number of aryl methyl sites for hydroxylation is 1. The smallest absolute Gasteiger partial charge is 0.349 e. The number of imidazole rings is 1. The molecule has 1 fully saturated rings. The minimum absolute atomic E-state index is 0.0685. The number of halogens is 3. The summed E-state index contributed by atoms with van der Waals surface area (Å²) in [6.45, 7) is 2.16. The van der Waals surface area contributed by atoms with Crippen molar-refractivity contribution in [2.75, 3.05) is 0 Å². The van der Waals surface area contributed by atoms with Crippen molar-refractivity contribution in [2.45, 2.75) is 50.5 Å². The lowest BCUT2D eigenvalue weighted by molar-refractivity contribution is -0.131. The molecule has 2 N–H and O–H groups in total. The van der Waals surface area contributed by atoms with Crippen LogP contribution < -0.4 is 10.6 Å². The number of hydrogen-bond acceptors (Lipinski definition) is 4. The number of carbonyl (C=O) groups excluding carboxylic acids is 1. The largest absolute Gasteiger partial charge is 0.431 e. The Balaban J connectivity index is 1.90. The average Bonchev–Trinajstić information content (AvgIpc) is 3.02. The van der Waals surface area contributed by atoms with Gasteiger partial charge in [-0.2, -0.15) is 13.2 Å². The summed E-state index contributed by atoms with van der Waals surface area (Å²) in [6, 6.07) is -0.0685. The van der Waals surface area contributed by atoms with Crippen LogP contribution >= 0.6 is 0 Å². The van der Waals surface area contributed by atoms with Gasteiger partial charge in [0.2, 0.25) is 0 Å². The van der Waals surface area contributed by atoms with Crippen molar-refractivity contribution in [1.29, 1.82) is 0 Å². The fourth-order valence-electron chi connectivity index (χ4n) is 3.42. The molecule has 1 saturated carbocycles. The zero-order valence-corrected chi connectivity index (χ0v) is 14.7. The highest BCUT2D eigenvalue weighted by Gasteiger charge is 2.49. The first-order chi connectivity index (χ1) is 12.2. The van der Waals surface area contributed by atoms with Crippen molar-refractivity contribution in [3.63, 3.8) is 0 Å². The third-order valence-corrected chi connectivity index (χ3v) is 5.00. The highest BCUT2D eigenvalue weighted by Crippen LogP contribution is 2.33. The van der Waals surface area contributed by atoms with E-state index in [0.717, 1.165) is 38.0 Å². The lowest BCUT2D eigenvalue weighted by Gasteiger charge is -2.36. The van der Waals surface area contributed by atoms with Crippen molar-refractivity contribution < 1.29 is 18.0 Å². The zero-order valence-electron chi connectivity index (χ0n) is 14.7. The van der Waals surface area contributed by atoms with Crippen LogP contribution in [0.25, 0.3) is 0 Å². The predicted molar refractivity (Wildman–Crippen MR) is 90.2 cm³/mol. The molecule has 142 valence electrons. The summed E-state index contributed by atoms with van der Waals surface area (Å²) in [5, 5.41) is 5.20. The Morgan fingerprint density at radius 1 is 1.35 bits per heavy atom. The summed E-state index contributed by atoms with van der Waals surface area (Å²) in [5.41, 5.74) is -2.67. The van der Waals surface area contributed by atoms with Crippen LogP contribution in [0.4, 0.5) is 13.2 Å². The van der Waals surface area contributed by atoms with Gasteiger partial charge in [0.15, 0.2) is 0 Å².